The van der Waals surface area contributed by atoms with E-state index in [4.69, 9.17) is 18.6 Å². The lowest BCUT2D eigenvalue weighted by molar-refractivity contribution is -0.132. The summed E-state index contributed by atoms with van der Waals surface area (Å²) in [6, 6.07) is 9.65. The predicted molar refractivity (Wildman–Crippen MR) is 154 cm³/mol. The largest absolute Gasteiger partial charge is 0.414 e. The Labute approximate surface area is 235 Å². The van der Waals surface area contributed by atoms with E-state index in [1.165, 1.54) is 6.33 Å². The quantitative estimate of drug-likeness (QED) is 0.376. The van der Waals surface area contributed by atoms with Crippen molar-refractivity contribution in [3.8, 4) is 0 Å². The lowest BCUT2D eigenvalue weighted by Gasteiger charge is -2.37. The molecular formula is C28H38N6O5Si. The molecule has 5 atom stereocenters. The number of aromatic nitrogens is 4. The van der Waals surface area contributed by atoms with Crippen LogP contribution in [0.4, 0.5) is 10.6 Å². The highest BCUT2D eigenvalue weighted by atomic mass is 28.4. The molecule has 40 heavy (non-hydrogen) atoms. The van der Waals surface area contributed by atoms with Gasteiger partial charge < -0.3 is 24.0 Å². The summed E-state index contributed by atoms with van der Waals surface area (Å²) in [5, 5.41) is 5.49. The van der Waals surface area contributed by atoms with Gasteiger partial charge in [0.05, 0.1) is 12.9 Å². The monoisotopic (exact) mass is 566 g/mol. The van der Waals surface area contributed by atoms with Crippen molar-refractivity contribution in [2.45, 2.75) is 76.7 Å². The molecule has 2 aliphatic rings. The maximum absolute atomic E-state index is 12.1. The third-order valence-corrected chi connectivity index (χ3v) is 12.2. The molecule has 2 N–H and O–H groups in total. The van der Waals surface area contributed by atoms with Crippen molar-refractivity contribution in [2.75, 3.05) is 18.5 Å². The van der Waals surface area contributed by atoms with Gasteiger partial charge in [-0.25, -0.2) is 19.7 Å². The number of anilines is 1. The van der Waals surface area contributed by atoms with E-state index >= 15 is 0 Å². The number of carbonyl (C=O) groups is 1. The Morgan fingerprint density at radius 3 is 2.58 bits per heavy atom. The molecule has 11 nitrogen and oxygen atoms in total. The van der Waals surface area contributed by atoms with Crippen LogP contribution in [0.25, 0.3) is 17.2 Å². The van der Waals surface area contributed by atoms with Crippen molar-refractivity contribution in [2.24, 2.45) is 0 Å². The van der Waals surface area contributed by atoms with Crippen molar-refractivity contribution in [3.63, 3.8) is 0 Å². The summed E-state index contributed by atoms with van der Waals surface area (Å²) < 4.78 is 27.7. The van der Waals surface area contributed by atoms with E-state index in [0.717, 1.165) is 5.56 Å². The number of imidazole rings is 1. The topological polar surface area (TPSA) is 122 Å². The number of rotatable bonds is 8. The lowest BCUT2D eigenvalue weighted by atomic mass is 10.1. The normalized spacial score (nSPS) is 25.0. The third kappa shape index (κ3) is 5.81. The number of nitrogens with zero attached hydrogens (tertiary/aromatic N) is 4. The van der Waals surface area contributed by atoms with Gasteiger partial charge in [0.1, 0.15) is 24.6 Å². The zero-order valence-electron chi connectivity index (χ0n) is 23.8. The van der Waals surface area contributed by atoms with Gasteiger partial charge in [0.2, 0.25) is 0 Å². The van der Waals surface area contributed by atoms with Gasteiger partial charge in [-0.15, -0.1) is 0 Å². The Morgan fingerprint density at radius 2 is 1.85 bits per heavy atom. The molecule has 3 aromatic rings. The Balaban J connectivity index is 1.41. The molecule has 4 heterocycles. The number of hydrogen-bond acceptors (Lipinski definition) is 8. The van der Waals surface area contributed by atoms with E-state index in [0.29, 0.717) is 30.1 Å². The molecule has 0 bridgehead atoms. The summed E-state index contributed by atoms with van der Waals surface area (Å²) in [5.74, 6) is 0.314. The number of carbonyl (C=O) groups excluding carboxylic acids is 1. The highest BCUT2D eigenvalue weighted by Gasteiger charge is 2.54. The van der Waals surface area contributed by atoms with E-state index in [2.05, 4.69) is 59.5 Å². The molecule has 12 heteroatoms. The van der Waals surface area contributed by atoms with Gasteiger partial charge in [-0.3, -0.25) is 9.88 Å². The smallest absolute Gasteiger partial charge is 0.320 e. The number of hydrogen-bond donors (Lipinski definition) is 2. The fourth-order valence-electron chi connectivity index (χ4n) is 4.51. The van der Waals surface area contributed by atoms with E-state index in [1.54, 1.807) is 6.33 Å². The molecule has 2 aliphatic heterocycles. The number of nitrogens with one attached hydrogen (secondary N) is 2. The van der Waals surface area contributed by atoms with Crippen molar-refractivity contribution < 1.29 is 23.4 Å². The number of urea groups is 1. The van der Waals surface area contributed by atoms with Crippen LogP contribution >= 0.6 is 0 Å². The molecule has 3 unspecified atom stereocenters. The van der Waals surface area contributed by atoms with Gasteiger partial charge in [0.15, 0.2) is 37.8 Å². The second-order valence-electron chi connectivity index (χ2n) is 11.5. The molecule has 0 saturated carbocycles. The zero-order valence-corrected chi connectivity index (χ0v) is 24.8. The minimum Gasteiger partial charge on any atom is -0.414 e. The average molecular weight is 567 g/mol. The van der Waals surface area contributed by atoms with Crippen LogP contribution < -0.4 is 10.6 Å². The molecule has 2 amide bonds. The highest BCUT2D eigenvalue weighted by Crippen LogP contribution is 2.43. The average Bonchev–Trinajstić information content (AvgIpc) is 3.61. The van der Waals surface area contributed by atoms with Crippen LogP contribution in [0.15, 0.2) is 49.1 Å². The second kappa shape index (κ2) is 11.4. The van der Waals surface area contributed by atoms with Gasteiger partial charge in [-0.2, -0.15) is 0 Å². The summed E-state index contributed by atoms with van der Waals surface area (Å²) in [6.07, 6.45) is 4.69. The molecule has 0 aliphatic carbocycles. The summed E-state index contributed by atoms with van der Waals surface area (Å²) in [7, 11) is -2.03. The van der Waals surface area contributed by atoms with Crippen LogP contribution in [-0.4, -0.2) is 71.6 Å². The Hall–Kier alpha value is -3.16. The molecule has 1 aromatic carbocycles. The number of amides is 2. The summed E-state index contributed by atoms with van der Waals surface area (Å²) in [6.45, 7) is 13.8. The molecule has 214 valence electrons. The Morgan fingerprint density at radius 1 is 1.10 bits per heavy atom. The fraction of sp³-hybridized carbons (Fsp3) is 0.500. The lowest BCUT2D eigenvalue weighted by Crippen LogP contribution is -2.44. The minimum atomic E-state index is -2.03. The SMILES string of the molecule is CCNC(=O)Nc1ncnc2c1ncn2C1OC(CO[Si](C)(C)C(C)(C)C)C2O[C@H](/C=C/c3ccccc3)O[C@@H]21. The highest BCUT2D eigenvalue weighted by molar-refractivity contribution is 6.74. The zero-order chi connectivity index (χ0) is 28.5. The van der Waals surface area contributed by atoms with Gasteiger partial charge in [-0.1, -0.05) is 57.2 Å². The van der Waals surface area contributed by atoms with Crippen LogP contribution in [0.1, 0.15) is 39.5 Å². The molecule has 0 radical (unpaired) electrons. The van der Waals surface area contributed by atoms with Crippen LogP contribution in [0.3, 0.4) is 0 Å². The van der Waals surface area contributed by atoms with E-state index in [9.17, 15) is 4.79 Å². The van der Waals surface area contributed by atoms with Gasteiger partial charge in [-0.05, 0) is 36.7 Å². The summed E-state index contributed by atoms with van der Waals surface area (Å²) in [4.78, 5) is 25.3. The molecule has 2 saturated heterocycles. The van der Waals surface area contributed by atoms with E-state index in [-0.39, 0.29) is 23.3 Å². The van der Waals surface area contributed by atoms with Crippen molar-refractivity contribution in [1.29, 1.82) is 0 Å². The number of benzene rings is 1. The molecule has 2 fully saturated rings. The van der Waals surface area contributed by atoms with Gasteiger partial charge in [0.25, 0.3) is 0 Å². The Bertz CT molecular complexity index is 1360. The molecule has 0 spiro atoms. The van der Waals surface area contributed by atoms with Crippen LogP contribution in [0.2, 0.25) is 18.1 Å². The van der Waals surface area contributed by atoms with Gasteiger partial charge >= 0.3 is 6.03 Å². The molecule has 2 aromatic heterocycles. The molecular weight excluding hydrogens is 528 g/mol. The van der Waals surface area contributed by atoms with Crippen LogP contribution in [0.5, 0.6) is 0 Å². The first-order valence-electron chi connectivity index (χ1n) is 13.6. The van der Waals surface area contributed by atoms with E-state index in [1.807, 2.05) is 54.0 Å². The van der Waals surface area contributed by atoms with Crippen molar-refractivity contribution in [3.05, 3.63) is 54.6 Å². The standard InChI is InChI=1S/C28H38N6O5Si/c1-7-29-27(35)33-24-21-25(31-16-30-24)34(17-32-21)26-23-22(19(37-26)15-36-40(5,6)28(2,3)4)38-20(39-23)14-13-18-11-9-8-10-12-18/h8-14,16-17,19-20,22-23,26H,7,15H2,1-6H3,(H2,29,30,31,33,35)/b14-13+/t19?,20-,22?,23-,26?/m0/s1. The second-order valence-corrected chi connectivity index (χ2v) is 16.3. The van der Waals surface area contributed by atoms with Crippen LogP contribution in [-0.2, 0) is 18.6 Å². The fourth-order valence-corrected chi connectivity index (χ4v) is 5.52. The first-order valence-corrected chi connectivity index (χ1v) is 16.5. The predicted octanol–water partition coefficient (Wildman–Crippen LogP) is 4.71. The third-order valence-electron chi connectivity index (χ3n) is 7.73. The first-order chi connectivity index (χ1) is 19.1. The Kier molecular flexibility index (Phi) is 8.07. The van der Waals surface area contributed by atoms with Gasteiger partial charge in [0, 0.05) is 6.54 Å². The minimum absolute atomic E-state index is 0.0589. The van der Waals surface area contributed by atoms with E-state index < -0.39 is 26.9 Å². The number of ether oxygens (including phenoxy) is 3. The maximum atomic E-state index is 12.1. The summed E-state index contributed by atoms with van der Waals surface area (Å²) in [5.41, 5.74) is 2.03. The molecule has 5 rings (SSSR count). The van der Waals surface area contributed by atoms with Crippen LogP contribution in [0, 0.1) is 0 Å². The number of fused-ring (bicyclic) bond motifs is 2. The first kappa shape index (κ1) is 28.4. The maximum Gasteiger partial charge on any atom is 0.320 e. The summed E-state index contributed by atoms with van der Waals surface area (Å²) >= 11 is 0. The van der Waals surface area contributed by atoms with Crippen molar-refractivity contribution in [1.82, 2.24) is 24.8 Å². The van der Waals surface area contributed by atoms with Crippen molar-refractivity contribution >= 4 is 37.4 Å².